The third-order valence-electron chi connectivity index (χ3n) is 4.24. The van der Waals surface area contributed by atoms with Crippen molar-refractivity contribution in [1.29, 1.82) is 0 Å². The van der Waals surface area contributed by atoms with Crippen molar-refractivity contribution >= 4 is 24.6 Å². The number of nitrogens with one attached hydrogen (secondary N) is 2. The molecular weight excluding hydrogens is 404 g/mol. The summed E-state index contributed by atoms with van der Waals surface area (Å²) in [5.41, 5.74) is 0. The lowest BCUT2D eigenvalue weighted by Crippen LogP contribution is -2.38. The normalized spacial score (nSPS) is 17.5. The van der Waals surface area contributed by atoms with E-state index in [1.807, 2.05) is 13.8 Å². The van der Waals surface area contributed by atoms with Crippen LogP contribution < -0.4 is 10.6 Å². The SMILES string of the molecule is CC.CCC(=O)NCCOCCOCCOC(=O)NC1CCC(S)CC1.CCCC.[HH].[HH]. The molecule has 0 bridgehead atoms. The fourth-order valence-corrected chi connectivity index (χ4v) is 2.63. The van der Waals surface area contributed by atoms with Gasteiger partial charge < -0.3 is 24.8 Å². The second-order valence-electron chi connectivity index (χ2n) is 6.71. The molecule has 8 heteroatoms. The number of carbonyl (C=O) groups is 2. The van der Waals surface area contributed by atoms with E-state index >= 15 is 0 Å². The third kappa shape index (κ3) is 21.7. The van der Waals surface area contributed by atoms with Gasteiger partial charge in [-0.15, -0.1) is 0 Å². The molecule has 30 heavy (non-hydrogen) atoms. The molecule has 7 nitrogen and oxygen atoms in total. The second-order valence-corrected chi connectivity index (χ2v) is 7.44. The number of amides is 2. The van der Waals surface area contributed by atoms with Crippen molar-refractivity contribution in [2.75, 3.05) is 39.6 Å². The predicted octanol–water partition coefficient (Wildman–Crippen LogP) is 4.84. The summed E-state index contributed by atoms with van der Waals surface area (Å²) in [4.78, 5) is 22.6. The van der Waals surface area contributed by atoms with Gasteiger partial charge in [0.2, 0.25) is 5.91 Å². The monoisotopic (exact) mass is 454 g/mol. The number of alkyl carbamates (subject to hydrolysis) is 1. The molecule has 0 aliphatic heterocycles. The lowest BCUT2D eigenvalue weighted by molar-refractivity contribution is -0.121. The van der Waals surface area contributed by atoms with Crippen molar-refractivity contribution in [3.63, 3.8) is 0 Å². The summed E-state index contributed by atoms with van der Waals surface area (Å²) in [6.45, 7) is 12.6. The Kier molecular flexibility index (Phi) is 25.3. The van der Waals surface area contributed by atoms with Gasteiger partial charge >= 0.3 is 6.09 Å². The Morgan fingerprint density at radius 3 is 1.97 bits per heavy atom. The van der Waals surface area contributed by atoms with Crippen LogP contribution in [0.2, 0.25) is 0 Å². The number of unbranched alkanes of at least 4 members (excludes halogenated alkanes) is 1. The summed E-state index contributed by atoms with van der Waals surface area (Å²) in [6, 6.07) is 0.198. The Morgan fingerprint density at radius 2 is 1.43 bits per heavy atom. The van der Waals surface area contributed by atoms with Gasteiger partial charge in [0, 0.05) is 27.1 Å². The summed E-state index contributed by atoms with van der Waals surface area (Å²) < 4.78 is 15.7. The van der Waals surface area contributed by atoms with Crippen LogP contribution in [0, 0.1) is 0 Å². The maximum atomic E-state index is 11.6. The van der Waals surface area contributed by atoms with Crippen LogP contribution in [-0.4, -0.2) is 62.9 Å². The molecule has 0 atom stereocenters. The highest BCUT2D eigenvalue weighted by molar-refractivity contribution is 7.80. The fraction of sp³-hybridized carbons (Fsp3) is 0.909. The predicted molar refractivity (Wildman–Crippen MR) is 131 cm³/mol. The summed E-state index contributed by atoms with van der Waals surface area (Å²) in [6.07, 6.45) is 6.70. The Balaban J connectivity index is -0.000000440. The maximum Gasteiger partial charge on any atom is 0.407 e. The molecule has 0 heterocycles. The van der Waals surface area contributed by atoms with Crippen molar-refractivity contribution in [2.45, 2.75) is 90.9 Å². The van der Waals surface area contributed by atoms with Crippen molar-refractivity contribution in [2.24, 2.45) is 0 Å². The quantitative estimate of drug-likeness (QED) is 0.290. The Hall–Kier alpha value is -0.990. The van der Waals surface area contributed by atoms with Crippen LogP contribution in [0.5, 0.6) is 0 Å². The molecule has 0 aromatic carbocycles. The van der Waals surface area contributed by atoms with Gasteiger partial charge in [-0.3, -0.25) is 4.79 Å². The van der Waals surface area contributed by atoms with Crippen LogP contribution in [-0.2, 0) is 19.0 Å². The first-order chi connectivity index (χ1) is 14.5. The van der Waals surface area contributed by atoms with Crippen LogP contribution in [0.3, 0.4) is 0 Å². The van der Waals surface area contributed by atoms with E-state index in [1.165, 1.54) is 12.8 Å². The zero-order valence-corrected chi connectivity index (χ0v) is 20.7. The molecule has 0 spiro atoms. The number of thiol groups is 1. The van der Waals surface area contributed by atoms with E-state index in [1.54, 1.807) is 6.92 Å². The zero-order chi connectivity index (χ0) is 23.0. The van der Waals surface area contributed by atoms with E-state index in [0.717, 1.165) is 25.7 Å². The molecule has 0 aromatic heterocycles. The minimum absolute atomic E-state index is 0. The maximum absolute atomic E-state index is 11.6. The fourth-order valence-electron chi connectivity index (χ4n) is 2.33. The van der Waals surface area contributed by atoms with Crippen molar-refractivity contribution in [3.05, 3.63) is 0 Å². The molecule has 1 aliphatic rings. The first-order valence-corrected chi connectivity index (χ1v) is 12.1. The van der Waals surface area contributed by atoms with Crippen LogP contribution in [0.15, 0.2) is 0 Å². The molecule has 2 amide bonds. The van der Waals surface area contributed by atoms with E-state index in [9.17, 15) is 9.59 Å². The average molecular weight is 455 g/mol. The van der Waals surface area contributed by atoms with Gasteiger partial charge in [-0.1, -0.05) is 47.5 Å². The van der Waals surface area contributed by atoms with E-state index in [-0.39, 0.29) is 27.5 Å². The van der Waals surface area contributed by atoms with E-state index in [2.05, 4.69) is 37.1 Å². The third-order valence-corrected chi connectivity index (χ3v) is 4.76. The van der Waals surface area contributed by atoms with E-state index < -0.39 is 0 Å². The number of ether oxygens (including phenoxy) is 3. The Labute approximate surface area is 192 Å². The van der Waals surface area contributed by atoms with Crippen LogP contribution in [0.25, 0.3) is 0 Å². The molecule has 2 N–H and O–H groups in total. The molecular formula is C22H50N2O5S. The minimum atomic E-state index is -0.385. The smallest absolute Gasteiger partial charge is 0.407 e. The van der Waals surface area contributed by atoms with Gasteiger partial charge in [-0.2, -0.15) is 12.6 Å². The summed E-state index contributed by atoms with van der Waals surface area (Å²) in [5, 5.41) is 6.04. The molecule has 0 radical (unpaired) electrons. The highest BCUT2D eigenvalue weighted by Crippen LogP contribution is 2.22. The van der Waals surface area contributed by atoms with Gasteiger partial charge in [-0.25, -0.2) is 4.79 Å². The molecule has 1 fully saturated rings. The van der Waals surface area contributed by atoms with Crippen LogP contribution in [0.1, 0.15) is 82.4 Å². The van der Waals surface area contributed by atoms with Crippen molar-refractivity contribution < 1.29 is 26.7 Å². The molecule has 0 aromatic rings. The standard InChI is InChI=1S/C16H30N2O5S.C4H10.C2H6.2H2/c1-2-15(19)17-7-8-21-9-10-22-11-12-23-16(20)18-13-3-5-14(24)6-4-13;1-3-4-2;1-2;;/h13-14,24H,2-12H2,1H3,(H,17,19)(H,18,20);3-4H2,1-2H3;1-2H3;2*1H. The minimum Gasteiger partial charge on any atom is -0.447 e. The van der Waals surface area contributed by atoms with Gasteiger partial charge in [-0.05, 0) is 25.7 Å². The Morgan fingerprint density at radius 1 is 0.900 bits per heavy atom. The molecule has 1 saturated carbocycles. The topological polar surface area (TPSA) is 85.9 Å². The average Bonchev–Trinajstić information content (AvgIpc) is 2.78. The molecule has 1 rings (SSSR count). The largest absolute Gasteiger partial charge is 0.447 e. The van der Waals surface area contributed by atoms with E-state index in [4.69, 9.17) is 14.2 Å². The van der Waals surface area contributed by atoms with Gasteiger partial charge in [0.25, 0.3) is 0 Å². The lowest BCUT2D eigenvalue weighted by Gasteiger charge is -2.26. The van der Waals surface area contributed by atoms with E-state index in [0.29, 0.717) is 44.6 Å². The highest BCUT2D eigenvalue weighted by atomic mass is 32.1. The molecule has 0 unspecified atom stereocenters. The lowest BCUT2D eigenvalue weighted by atomic mass is 9.95. The van der Waals surface area contributed by atoms with Crippen LogP contribution >= 0.6 is 12.6 Å². The number of hydrogen-bond donors (Lipinski definition) is 3. The van der Waals surface area contributed by atoms with Crippen LogP contribution in [0.4, 0.5) is 4.79 Å². The summed E-state index contributed by atoms with van der Waals surface area (Å²) >= 11 is 4.43. The number of hydrogen-bond acceptors (Lipinski definition) is 6. The van der Waals surface area contributed by atoms with Crippen molar-refractivity contribution in [3.8, 4) is 0 Å². The zero-order valence-electron chi connectivity index (χ0n) is 19.8. The molecule has 1 aliphatic carbocycles. The number of carbonyl (C=O) groups excluding carboxylic acids is 2. The Bertz CT molecular complexity index is 401. The van der Waals surface area contributed by atoms with Crippen molar-refractivity contribution in [1.82, 2.24) is 10.6 Å². The molecule has 184 valence electrons. The highest BCUT2D eigenvalue weighted by Gasteiger charge is 2.20. The van der Waals surface area contributed by atoms with Gasteiger partial charge in [0.1, 0.15) is 6.61 Å². The first kappa shape index (κ1) is 31.2. The first-order valence-electron chi connectivity index (χ1n) is 11.6. The van der Waals surface area contributed by atoms with Gasteiger partial charge in [0.15, 0.2) is 0 Å². The van der Waals surface area contributed by atoms with Gasteiger partial charge in [0.05, 0.1) is 26.4 Å². The summed E-state index contributed by atoms with van der Waals surface area (Å²) in [5.74, 6) is 0.0175. The second kappa shape index (κ2) is 24.3. The summed E-state index contributed by atoms with van der Waals surface area (Å²) in [7, 11) is 0. The number of rotatable bonds is 12. The molecule has 0 saturated heterocycles.